The molecular weight excluding hydrogens is 377 g/mol. The summed E-state index contributed by atoms with van der Waals surface area (Å²) in [5.41, 5.74) is 2.57. The molecule has 148 valence electrons. The molecule has 7 heteroatoms. The summed E-state index contributed by atoms with van der Waals surface area (Å²) in [4.78, 5) is 15.6. The van der Waals surface area contributed by atoms with Crippen molar-refractivity contribution >= 4 is 22.2 Å². The molecule has 0 saturated carbocycles. The fourth-order valence-corrected chi connectivity index (χ4v) is 4.71. The van der Waals surface area contributed by atoms with Crippen LogP contribution in [0.2, 0.25) is 0 Å². The predicted molar refractivity (Wildman–Crippen MR) is 108 cm³/mol. The topological polar surface area (TPSA) is 65.4 Å². The van der Waals surface area contributed by atoms with Gasteiger partial charge >= 0.3 is 0 Å². The summed E-state index contributed by atoms with van der Waals surface area (Å²) in [6, 6.07) is 7.13. The standard InChI is InChI=1S/C21H24FN3O2S/c1-25(13-14-7-8-18(27-2)17(22)11-14)10-9-20(26)24-21-16(12-23)15-5-3-4-6-19(15)28-21/h7-8,11H,3-6,9-10,13H2,1-2H3,(H,24,26). The number of benzene rings is 1. The van der Waals surface area contributed by atoms with E-state index in [0.29, 0.717) is 30.1 Å². The van der Waals surface area contributed by atoms with E-state index >= 15 is 0 Å². The van der Waals surface area contributed by atoms with E-state index < -0.39 is 5.82 Å². The van der Waals surface area contributed by atoms with E-state index in [1.807, 2.05) is 18.0 Å². The highest BCUT2D eigenvalue weighted by Gasteiger charge is 2.21. The number of hydrogen-bond donors (Lipinski definition) is 1. The second-order valence-corrected chi connectivity index (χ2v) is 8.14. The van der Waals surface area contributed by atoms with Crippen LogP contribution in [0, 0.1) is 17.1 Å². The molecule has 28 heavy (non-hydrogen) atoms. The van der Waals surface area contributed by atoms with Crippen molar-refractivity contribution in [3.63, 3.8) is 0 Å². The Morgan fingerprint density at radius 2 is 2.18 bits per heavy atom. The number of carbonyl (C=O) groups excluding carboxylic acids is 1. The number of halogens is 1. The molecule has 0 radical (unpaired) electrons. The third-order valence-corrected chi connectivity index (χ3v) is 6.13. The number of methoxy groups -OCH3 is 1. The highest BCUT2D eigenvalue weighted by atomic mass is 32.1. The molecule has 5 nitrogen and oxygen atoms in total. The molecule has 1 aromatic carbocycles. The van der Waals surface area contributed by atoms with Gasteiger partial charge in [-0.25, -0.2) is 4.39 Å². The molecule has 1 amide bonds. The summed E-state index contributed by atoms with van der Waals surface area (Å²) in [5.74, 6) is -0.280. The Morgan fingerprint density at radius 3 is 2.89 bits per heavy atom. The van der Waals surface area contributed by atoms with Crippen molar-refractivity contribution in [2.45, 2.75) is 38.6 Å². The molecule has 1 aromatic heterocycles. The second-order valence-electron chi connectivity index (χ2n) is 7.03. The van der Waals surface area contributed by atoms with Crippen molar-refractivity contribution in [1.82, 2.24) is 4.90 Å². The molecule has 1 aliphatic carbocycles. The largest absolute Gasteiger partial charge is 0.494 e. The average molecular weight is 402 g/mol. The Morgan fingerprint density at radius 1 is 1.39 bits per heavy atom. The van der Waals surface area contributed by atoms with Crippen molar-refractivity contribution in [3.05, 3.63) is 45.6 Å². The average Bonchev–Trinajstić information content (AvgIpc) is 3.03. The molecule has 0 unspecified atom stereocenters. The van der Waals surface area contributed by atoms with E-state index in [0.717, 1.165) is 36.8 Å². The lowest BCUT2D eigenvalue weighted by atomic mass is 9.96. The summed E-state index contributed by atoms with van der Waals surface area (Å²) in [7, 11) is 3.32. The number of amides is 1. The minimum atomic E-state index is -0.392. The second kappa shape index (κ2) is 9.18. The number of nitriles is 1. The number of rotatable bonds is 7. The number of aryl methyl sites for hydroxylation is 1. The van der Waals surface area contributed by atoms with E-state index in [2.05, 4.69) is 11.4 Å². The Bertz CT molecular complexity index is 904. The number of nitrogens with one attached hydrogen (secondary N) is 1. The SMILES string of the molecule is COc1ccc(CN(C)CCC(=O)Nc2sc3c(c2C#N)CCCC3)cc1F. The summed E-state index contributed by atoms with van der Waals surface area (Å²) in [6.45, 7) is 1.07. The lowest BCUT2D eigenvalue weighted by Gasteiger charge is -2.16. The van der Waals surface area contributed by atoms with Crippen molar-refractivity contribution < 1.29 is 13.9 Å². The van der Waals surface area contributed by atoms with E-state index in [4.69, 9.17) is 4.74 Å². The molecule has 0 saturated heterocycles. The molecule has 1 aliphatic rings. The molecule has 1 N–H and O–H groups in total. The summed E-state index contributed by atoms with van der Waals surface area (Å²) < 4.78 is 18.7. The van der Waals surface area contributed by atoms with Crippen LogP contribution < -0.4 is 10.1 Å². The van der Waals surface area contributed by atoms with Gasteiger partial charge in [-0.3, -0.25) is 4.79 Å². The molecule has 1 heterocycles. The minimum absolute atomic E-state index is 0.108. The third kappa shape index (κ3) is 4.70. The van der Waals surface area contributed by atoms with Crippen LogP contribution in [-0.4, -0.2) is 31.5 Å². The first kappa shape index (κ1) is 20.3. The van der Waals surface area contributed by atoms with Gasteiger partial charge in [-0.2, -0.15) is 5.26 Å². The number of fused-ring (bicyclic) bond motifs is 1. The summed E-state index contributed by atoms with van der Waals surface area (Å²) in [6.07, 6.45) is 4.46. The van der Waals surface area contributed by atoms with E-state index in [9.17, 15) is 14.4 Å². The van der Waals surface area contributed by atoms with Crippen molar-refractivity contribution in [1.29, 1.82) is 5.26 Å². The van der Waals surface area contributed by atoms with E-state index in [1.54, 1.807) is 6.07 Å². The van der Waals surface area contributed by atoms with Gasteiger partial charge in [-0.05, 0) is 56.0 Å². The van der Waals surface area contributed by atoms with Crippen LogP contribution in [0.1, 0.15) is 40.8 Å². The van der Waals surface area contributed by atoms with Crippen molar-refractivity contribution in [2.24, 2.45) is 0 Å². The number of carbonyl (C=O) groups is 1. The monoisotopic (exact) mass is 401 g/mol. The number of anilines is 1. The molecule has 0 fully saturated rings. The van der Waals surface area contributed by atoms with Crippen LogP contribution in [0.5, 0.6) is 5.75 Å². The zero-order valence-electron chi connectivity index (χ0n) is 16.2. The van der Waals surface area contributed by atoms with Gasteiger partial charge in [0.2, 0.25) is 5.91 Å². The molecule has 3 rings (SSSR count). The van der Waals surface area contributed by atoms with Gasteiger partial charge in [0.15, 0.2) is 11.6 Å². The Labute approximate surface area is 168 Å². The van der Waals surface area contributed by atoms with Crippen LogP contribution >= 0.6 is 11.3 Å². The Hall–Kier alpha value is -2.43. The zero-order chi connectivity index (χ0) is 20.1. The van der Waals surface area contributed by atoms with Gasteiger partial charge in [-0.15, -0.1) is 11.3 Å². The van der Waals surface area contributed by atoms with Gasteiger partial charge in [0.25, 0.3) is 0 Å². The lowest BCUT2D eigenvalue weighted by molar-refractivity contribution is -0.116. The van der Waals surface area contributed by atoms with Gasteiger partial charge in [-0.1, -0.05) is 6.07 Å². The van der Waals surface area contributed by atoms with Gasteiger partial charge in [0.05, 0.1) is 12.7 Å². The summed E-state index contributed by atoms with van der Waals surface area (Å²) >= 11 is 1.54. The van der Waals surface area contributed by atoms with E-state index in [1.165, 1.54) is 29.4 Å². The van der Waals surface area contributed by atoms with Crippen LogP contribution in [0.25, 0.3) is 0 Å². The first-order valence-electron chi connectivity index (χ1n) is 9.37. The molecule has 0 bridgehead atoms. The minimum Gasteiger partial charge on any atom is -0.494 e. The van der Waals surface area contributed by atoms with Crippen LogP contribution in [0.15, 0.2) is 18.2 Å². The van der Waals surface area contributed by atoms with Crippen molar-refractivity contribution in [3.8, 4) is 11.8 Å². The predicted octanol–water partition coefficient (Wildman–Crippen LogP) is 4.11. The fraction of sp³-hybridized carbons (Fsp3) is 0.429. The van der Waals surface area contributed by atoms with Crippen LogP contribution in [0.4, 0.5) is 9.39 Å². The zero-order valence-corrected chi connectivity index (χ0v) is 17.0. The first-order chi connectivity index (χ1) is 13.5. The smallest absolute Gasteiger partial charge is 0.226 e. The number of hydrogen-bond acceptors (Lipinski definition) is 5. The van der Waals surface area contributed by atoms with Crippen LogP contribution in [0.3, 0.4) is 0 Å². The number of thiophene rings is 1. The Kier molecular flexibility index (Phi) is 6.65. The van der Waals surface area contributed by atoms with Crippen LogP contribution in [-0.2, 0) is 24.2 Å². The van der Waals surface area contributed by atoms with Gasteiger partial charge in [0.1, 0.15) is 11.1 Å². The maximum atomic E-state index is 13.8. The number of ether oxygens (including phenoxy) is 1. The quantitative estimate of drug-likeness (QED) is 0.758. The number of nitrogens with zero attached hydrogens (tertiary/aromatic N) is 2. The van der Waals surface area contributed by atoms with Gasteiger partial charge < -0.3 is 15.0 Å². The molecule has 0 aliphatic heterocycles. The third-order valence-electron chi connectivity index (χ3n) is 4.93. The maximum Gasteiger partial charge on any atom is 0.226 e. The Balaban J connectivity index is 1.54. The molecule has 2 aromatic rings. The van der Waals surface area contributed by atoms with E-state index in [-0.39, 0.29) is 11.7 Å². The molecular formula is C21H24FN3O2S. The molecule has 0 spiro atoms. The molecule has 0 atom stereocenters. The normalized spacial score (nSPS) is 13.1. The highest BCUT2D eigenvalue weighted by Crippen LogP contribution is 2.37. The first-order valence-corrected chi connectivity index (χ1v) is 10.2. The van der Waals surface area contributed by atoms with Crippen molar-refractivity contribution in [2.75, 3.05) is 26.0 Å². The van der Waals surface area contributed by atoms with Gasteiger partial charge in [0, 0.05) is 24.4 Å². The lowest BCUT2D eigenvalue weighted by Crippen LogP contribution is -2.24. The fourth-order valence-electron chi connectivity index (χ4n) is 3.45. The maximum absolute atomic E-state index is 13.8. The highest BCUT2D eigenvalue weighted by molar-refractivity contribution is 7.16. The summed E-state index contributed by atoms with van der Waals surface area (Å²) in [5, 5.41) is 13.1.